The van der Waals surface area contributed by atoms with Crippen molar-refractivity contribution in [3.8, 4) is 0 Å². The second-order valence-electron chi connectivity index (χ2n) is 4.78. The number of likely N-dealkylation sites (tertiary alicyclic amines) is 1. The summed E-state index contributed by atoms with van der Waals surface area (Å²) >= 11 is 0. The van der Waals surface area contributed by atoms with Gasteiger partial charge in [0.25, 0.3) is 0 Å². The molecule has 0 aliphatic carbocycles. The van der Waals surface area contributed by atoms with Gasteiger partial charge in [-0.2, -0.15) is 0 Å². The van der Waals surface area contributed by atoms with Crippen LogP contribution in [0.5, 0.6) is 0 Å². The molecule has 1 aliphatic rings. The Kier molecular flexibility index (Phi) is 7.21. The first-order valence-corrected chi connectivity index (χ1v) is 6.99. The van der Waals surface area contributed by atoms with Crippen molar-refractivity contribution in [1.29, 1.82) is 0 Å². The first kappa shape index (κ1) is 14.5. The molecular formula is C13H27N3O. The van der Waals surface area contributed by atoms with Gasteiger partial charge in [-0.3, -0.25) is 9.69 Å². The van der Waals surface area contributed by atoms with Crippen molar-refractivity contribution in [1.82, 2.24) is 15.5 Å². The van der Waals surface area contributed by atoms with Crippen LogP contribution in [0, 0.1) is 0 Å². The summed E-state index contributed by atoms with van der Waals surface area (Å²) in [6.07, 6.45) is 4.91. The molecule has 0 radical (unpaired) electrons. The predicted octanol–water partition coefficient (Wildman–Crippen LogP) is 0.977. The van der Waals surface area contributed by atoms with Gasteiger partial charge in [-0.05, 0) is 39.3 Å². The van der Waals surface area contributed by atoms with Crippen LogP contribution in [0.25, 0.3) is 0 Å². The number of amides is 1. The molecular weight excluding hydrogens is 214 g/mol. The number of piperidine rings is 1. The summed E-state index contributed by atoms with van der Waals surface area (Å²) in [6, 6.07) is 0.540. The van der Waals surface area contributed by atoms with Crippen molar-refractivity contribution in [3.05, 3.63) is 0 Å². The Morgan fingerprint density at radius 1 is 1.35 bits per heavy atom. The van der Waals surface area contributed by atoms with E-state index >= 15 is 0 Å². The van der Waals surface area contributed by atoms with Gasteiger partial charge < -0.3 is 10.6 Å². The van der Waals surface area contributed by atoms with Gasteiger partial charge in [0, 0.05) is 19.1 Å². The minimum Gasteiger partial charge on any atom is -0.355 e. The lowest BCUT2D eigenvalue weighted by Crippen LogP contribution is -2.49. The SMILES string of the molecule is CCCNCC1CCCCN1CC(=O)NCC. The molecule has 0 aromatic rings. The van der Waals surface area contributed by atoms with E-state index in [0.717, 1.165) is 26.2 Å². The third kappa shape index (κ3) is 5.50. The van der Waals surface area contributed by atoms with Gasteiger partial charge in [0.15, 0.2) is 0 Å². The van der Waals surface area contributed by atoms with Crippen molar-refractivity contribution in [2.45, 2.75) is 45.6 Å². The normalized spacial score (nSPS) is 21.4. The quantitative estimate of drug-likeness (QED) is 0.653. The highest BCUT2D eigenvalue weighted by Gasteiger charge is 2.23. The number of nitrogens with zero attached hydrogens (tertiary/aromatic N) is 1. The maximum atomic E-state index is 11.6. The zero-order valence-electron chi connectivity index (χ0n) is 11.3. The number of likely N-dealkylation sites (N-methyl/N-ethyl adjacent to an activating group) is 1. The molecule has 17 heavy (non-hydrogen) atoms. The van der Waals surface area contributed by atoms with Gasteiger partial charge in [0.2, 0.25) is 5.91 Å². The van der Waals surface area contributed by atoms with E-state index in [-0.39, 0.29) is 5.91 Å². The molecule has 0 spiro atoms. The molecule has 0 saturated carbocycles. The van der Waals surface area contributed by atoms with Crippen molar-refractivity contribution in [2.24, 2.45) is 0 Å². The van der Waals surface area contributed by atoms with E-state index in [1.54, 1.807) is 0 Å². The zero-order valence-corrected chi connectivity index (χ0v) is 11.3. The van der Waals surface area contributed by atoms with E-state index in [9.17, 15) is 4.79 Å². The molecule has 1 rings (SSSR count). The Morgan fingerprint density at radius 2 is 2.18 bits per heavy atom. The van der Waals surface area contributed by atoms with Crippen molar-refractivity contribution in [2.75, 3.05) is 32.7 Å². The lowest BCUT2D eigenvalue weighted by molar-refractivity contribution is -0.123. The maximum absolute atomic E-state index is 11.6. The minimum atomic E-state index is 0.162. The van der Waals surface area contributed by atoms with Crippen LogP contribution < -0.4 is 10.6 Å². The smallest absolute Gasteiger partial charge is 0.234 e. The molecule has 1 atom stereocenters. The Hall–Kier alpha value is -0.610. The van der Waals surface area contributed by atoms with Gasteiger partial charge in [-0.15, -0.1) is 0 Å². The summed E-state index contributed by atoms with van der Waals surface area (Å²) in [5.41, 5.74) is 0. The van der Waals surface area contributed by atoms with Gasteiger partial charge >= 0.3 is 0 Å². The molecule has 100 valence electrons. The topological polar surface area (TPSA) is 44.4 Å². The molecule has 1 amide bonds. The van der Waals surface area contributed by atoms with E-state index in [2.05, 4.69) is 22.5 Å². The van der Waals surface area contributed by atoms with Crippen molar-refractivity contribution in [3.63, 3.8) is 0 Å². The molecule has 1 unspecified atom stereocenters. The number of nitrogens with one attached hydrogen (secondary N) is 2. The summed E-state index contributed by atoms with van der Waals surface area (Å²) in [4.78, 5) is 13.9. The highest BCUT2D eigenvalue weighted by atomic mass is 16.2. The first-order valence-electron chi connectivity index (χ1n) is 6.99. The molecule has 1 aliphatic heterocycles. The lowest BCUT2D eigenvalue weighted by Gasteiger charge is -2.35. The van der Waals surface area contributed by atoms with Crippen LogP contribution in [0.4, 0.5) is 0 Å². The Balaban J connectivity index is 2.33. The Bertz CT molecular complexity index is 221. The van der Waals surface area contributed by atoms with Crippen molar-refractivity contribution < 1.29 is 4.79 Å². The van der Waals surface area contributed by atoms with E-state index in [1.165, 1.54) is 25.7 Å². The summed E-state index contributed by atoms with van der Waals surface area (Å²) < 4.78 is 0. The molecule has 1 saturated heterocycles. The fourth-order valence-electron chi connectivity index (χ4n) is 2.38. The lowest BCUT2D eigenvalue weighted by atomic mass is 10.0. The number of carbonyl (C=O) groups is 1. The van der Waals surface area contributed by atoms with E-state index in [1.807, 2.05) is 6.92 Å². The number of hydrogen-bond acceptors (Lipinski definition) is 3. The van der Waals surface area contributed by atoms with Crippen LogP contribution >= 0.6 is 0 Å². The number of rotatable bonds is 7. The number of carbonyl (C=O) groups excluding carboxylic acids is 1. The summed E-state index contributed by atoms with van der Waals surface area (Å²) in [5.74, 6) is 0.162. The van der Waals surface area contributed by atoms with Crippen LogP contribution in [-0.2, 0) is 4.79 Å². The second-order valence-corrected chi connectivity index (χ2v) is 4.78. The third-order valence-electron chi connectivity index (χ3n) is 3.28. The monoisotopic (exact) mass is 241 g/mol. The van der Waals surface area contributed by atoms with Crippen LogP contribution in [0.2, 0.25) is 0 Å². The highest BCUT2D eigenvalue weighted by Crippen LogP contribution is 2.15. The van der Waals surface area contributed by atoms with E-state index < -0.39 is 0 Å². The molecule has 4 heteroatoms. The molecule has 4 nitrogen and oxygen atoms in total. The van der Waals surface area contributed by atoms with Crippen LogP contribution in [0.1, 0.15) is 39.5 Å². The minimum absolute atomic E-state index is 0.162. The Labute approximate surface area is 105 Å². The number of hydrogen-bond donors (Lipinski definition) is 2. The third-order valence-corrected chi connectivity index (χ3v) is 3.28. The molecule has 2 N–H and O–H groups in total. The molecule has 0 aromatic heterocycles. The summed E-state index contributed by atoms with van der Waals surface area (Å²) in [7, 11) is 0. The van der Waals surface area contributed by atoms with Crippen LogP contribution in [0.3, 0.4) is 0 Å². The highest BCUT2D eigenvalue weighted by molar-refractivity contribution is 5.77. The maximum Gasteiger partial charge on any atom is 0.234 e. The fourth-order valence-corrected chi connectivity index (χ4v) is 2.38. The second kappa shape index (κ2) is 8.48. The van der Waals surface area contributed by atoms with Gasteiger partial charge in [-0.1, -0.05) is 13.3 Å². The Morgan fingerprint density at radius 3 is 2.88 bits per heavy atom. The molecule has 0 aromatic carbocycles. The van der Waals surface area contributed by atoms with E-state index in [0.29, 0.717) is 12.6 Å². The summed E-state index contributed by atoms with van der Waals surface area (Å²) in [5, 5.41) is 6.35. The van der Waals surface area contributed by atoms with E-state index in [4.69, 9.17) is 0 Å². The average Bonchev–Trinajstić information content (AvgIpc) is 2.32. The van der Waals surface area contributed by atoms with Crippen molar-refractivity contribution >= 4 is 5.91 Å². The van der Waals surface area contributed by atoms with Gasteiger partial charge in [-0.25, -0.2) is 0 Å². The van der Waals surface area contributed by atoms with Gasteiger partial charge in [0.1, 0.15) is 0 Å². The molecule has 1 heterocycles. The standard InChI is InChI=1S/C13H27N3O/c1-3-8-14-10-12-7-5-6-9-16(12)11-13(17)15-4-2/h12,14H,3-11H2,1-2H3,(H,15,17). The average molecular weight is 241 g/mol. The predicted molar refractivity (Wildman–Crippen MR) is 71.1 cm³/mol. The zero-order chi connectivity index (χ0) is 12.5. The molecule has 1 fully saturated rings. The first-order chi connectivity index (χ1) is 8.27. The van der Waals surface area contributed by atoms with Crippen LogP contribution in [-0.4, -0.2) is 49.6 Å². The van der Waals surface area contributed by atoms with Crippen LogP contribution in [0.15, 0.2) is 0 Å². The fraction of sp³-hybridized carbons (Fsp3) is 0.923. The van der Waals surface area contributed by atoms with Gasteiger partial charge in [0.05, 0.1) is 6.54 Å². The molecule has 0 bridgehead atoms. The largest absolute Gasteiger partial charge is 0.355 e. The summed E-state index contributed by atoms with van der Waals surface area (Å²) in [6.45, 7) is 8.60.